The summed E-state index contributed by atoms with van der Waals surface area (Å²) >= 11 is 0. The van der Waals surface area contributed by atoms with Crippen molar-refractivity contribution in [2.75, 3.05) is 0 Å². The van der Waals surface area contributed by atoms with Gasteiger partial charge in [0, 0.05) is 0 Å². The Kier molecular flexibility index (Phi) is 5.20. The Morgan fingerprint density at radius 1 is 1.57 bits per heavy atom. The van der Waals surface area contributed by atoms with Crippen molar-refractivity contribution in [3.8, 4) is 0 Å². The summed E-state index contributed by atoms with van der Waals surface area (Å²) in [6.07, 6.45) is 2.27. The molecule has 0 spiro atoms. The summed E-state index contributed by atoms with van der Waals surface area (Å²) in [6.45, 7) is 5.76. The molecule has 2 N–H and O–H groups in total. The van der Waals surface area contributed by atoms with E-state index < -0.39 is 11.5 Å². The zero-order valence-corrected chi connectivity index (χ0v) is 9.04. The Hall–Kier alpha value is -1.06. The van der Waals surface area contributed by atoms with Crippen molar-refractivity contribution >= 4 is 12.4 Å². The second kappa shape index (κ2) is 5.62. The summed E-state index contributed by atoms with van der Waals surface area (Å²) in [5, 5.41) is 11.5. The van der Waals surface area contributed by atoms with E-state index in [0.717, 1.165) is 6.42 Å². The molecule has 82 valence electrons. The largest absolute Gasteiger partial charge is 0.480 e. The molecule has 0 radical (unpaired) electrons. The fourth-order valence-corrected chi connectivity index (χ4v) is 1.46. The zero-order chi connectivity index (χ0) is 11.2. The first-order valence-electron chi connectivity index (χ1n) is 4.97. The Labute approximate surface area is 84.7 Å². The molecule has 2 unspecified atom stereocenters. The van der Waals surface area contributed by atoms with Crippen LogP contribution in [-0.4, -0.2) is 23.0 Å². The van der Waals surface area contributed by atoms with Gasteiger partial charge in [-0.25, -0.2) is 4.79 Å². The van der Waals surface area contributed by atoms with Crippen molar-refractivity contribution in [1.82, 2.24) is 5.32 Å². The van der Waals surface area contributed by atoms with Crippen molar-refractivity contribution in [2.45, 2.75) is 45.6 Å². The predicted octanol–water partition coefficient (Wildman–Crippen LogP) is 1.40. The van der Waals surface area contributed by atoms with Crippen molar-refractivity contribution in [3.63, 3.8) is 0 Å². The number of rotatable bonds is 7. The second-order valence-corrected chi connectivity index (χ2v) is 3.72. The second-order valence-electron chi connectivity index (χ2n) is 3.72. The van der Waals surface area contributed by atoms with E-state index in [1.807, 2.05) is 13.8 Å². The summed E-state index contributed by atoms with van der Waals surface area (Å²) in [5.41, 5.74) is -1.09. The Balaban J connectivity index is 4.65. The molecule has 0 heterocycles. The monoisotopic (exact) mass is 201 g/mol. The number of hydrogen-bond acceptors (Lipinski definition) is 2. The average molecular weight is 201 g/mol. The number of carbonyl (C=O) groups is 2. The van der Waals surface area contributed by atoms with E-state index in [4.69, 9.17) is 5.11 Å². The first-order chi connectivity index (χ1) is 6.52. The molecule has 4 heteroatoms. The van der Waals surface area contributed by atoms with Crippen LogP contribution in [-0.2, 0) is 9.59 Å². The maximum atomic E-state index is 11.1. The predicted molar refractivity (Wildman–Crippen MR) is 53.9 cm³/mol. The smallest absolute Gasteiger partial charge is 0.329 e. The minimum atomic E-state index is -1.09. The maximum absolute atomic E-state index is 11.1. The van der Waals surface area contributed by atoms with Gasteiger partial charge in [-0.1, -0.05) is 27.2 Å². The third kappa shape index (κ3) is 3.01. The molecular weight excluding hydrogens is 182 g/mol. The summed E-state index contributed by atoms with van der Waals surface area (Å²) < 4.78 is 0. The number of nitrogens with one attached hydrogen (secondary N) is 1. The fourth-order valence-electron chi connectivity index (χ4n) is 1.46. The highest BCUT2D eigenvalue weighted by Crippen LogP contribution is 2.22. The molecule has 0 rings (SSSR count). The lowest BCUT2D eigenvalue weighted by Crippen LogP contribution is -2.52. The van der Waals surface area contributed by atoms with E-state index in [1.54, 1.807) is 6.92 Å². The van der Waals surface area contributed by atoms with Gasteiger partial charge < -0.3 is 10.4 Å². The van der Waals surface area contributed by atoms with E-state index in [-0.39, 0.29) is 0 Å². The topological polar surface area (TPSA) is 66.4 Å². The summed E-state index contributed by atoms with van der Waals surface area (Å²) in [4.78, 5) is 21.5. The van der Waals surface area contributed by atoms with Gasteiger partial charge >= 0.3 is 5.97 Å². The van der Waals surface area contributed by atoms with E-state index in [2.05, 4.69) is 5.32 Å². The number of hydrogen-bond donors (Lipinski definition) is 2. The molecule has 14 heavy (non-hydrogen) atoms. The molecule has 0 bridgehead atoms. The lowest BCUT2D eigenvalue weighted by atomic mass is 9.85. The van der Waals surface area contributed by atoms with Crippen molar-refractivity contribution in [3.05, 3.63) is 0 Å². The van der Waals surface area contributed by atoms with Gasteiger partial charge in [0.15, 0.2) is 0 Å². The van der Waals surface area contributed by atoms with Gasteiger partial charge in [0.05, 0.1) is 0 Å². The van der Waals surface area contributed by atoms with Crippen LogP contribution in [0.25, 0.3) is 0 Å². The minimum Gasteiger partial charge on any atom is -0.480 e. The van der Waals surface area contributed by atoms with Crippen molar-refractivity contribution < 1.29 is 14.7 Å². The number of aliphatic carboxylic acids is 1. The van der Waals surface area contributed by atoms with Gasteiger partial charge in [-0.15, -0.1) is 0 Å². The average Bonchev–Trinajstić information content (AvgIpc) is 2.16. The van der Waals surface area contributed by atoms with E-state index in [9.17, 15) is 9.59 Å². The van der Waals surface area contributed by atoms with Crippen LogP contribution >= 0.6 is 0 Å². The highest BCUT2D eigenvalue weighted by molar-refractivity contribution is 5.81. The number of carboxylic acids is 1. The van der Waals surface area contributed by atoms with Crippen LogP contribution in [0.3, 0.4) is 0 Å². The number of carbonyl (C=O) groups excluding carboxylic acids is 1. The summed E-state index contributed by atoms with van der Waals surface area (Å²) in [6, 6.07) is 0. The molecule has 0 aromatic heterocycles. The van der Waals surface area contributed by atoms with Gasteiger partial charge in [-0.05, 0) is 18.8 Å². The zero-order valence-electron chi connectivity index (χ0n) is 9.04. The van der Waals surface area contributed by atoms with Gasteiger partial charge in [0.1, 0.15) is 5.54 Å². The molecule has 0 aliphatic rings. The molecule has 0 saturated heterocycles. The third-order valence-corrected chi connectivity index (χ3v) is 2.74. The van der Waals surface area contributed by atoms with Crippen molar-refractivity contribution in [1.29, 1.82) is 0 Å². The SMILES string of the molecule is CCC(C)CC(CC)(NC=O)C(=O)O. The van der Waals surface area contributed by atoms with E-state index in [1.165, 1.54) is 0 Å². The molecule has 1 amide bonds. The highest BCUT2D eigenvalue weighted by Gasteiger charge is 2.37. The van der Waals surface area contributed by atoms with Crippen molar-refractivity contribution in [2.24, 2.45) is 5.92 Å². The van der Waals surface area contributed by atoms with Crippen LogP contribution < -0.4 is 5.32 Å². The first kappa shape index (κ1) is 12.9. The van der Waals surface area contributed by atoms with Gasteiger partial charge in [0.2, 0.25) is 6.41 Å². The molecule has 2 atom stereocenters. The van der Waals surface area contributed by atoms with Gasteiger partial charge in [-0.3, -0.25) is 4.79 Å². The van der Waals surface area contributed by atoms with Crippen LogP contribution in [0.15, 0.2) is 0 Å². The molecule has 4 nitrogen and oxygen atoms in total. The van der Waals surface area contributed by atoms with Crippen LogP contribution in [0.4, 0.5) is 0 Å². The quantitative estimate of drug-likeness (QED) is 0.612. The highest BCUT2D eigenvalue weighted by atomic mass is 16.4. The lowest BCUT2D eigenvalue weighted by molar-refractivity contribution is -0.147. The first-order valence-corrected chi connectivity index (χ1v) is 4.97. The van der Waals surface area contributed by atoms with Gasteiger partial charge in [-0.2, -0.15) is 0 Å². The third-order valence-electron chi connectivity index (χ3n) is 2.74. The number of amides is 1. The van der Waals surface area contributed by atoms with E-state index in [0.29, 0.717) is 25.2 Å². The molecule has 0 aliphatic carbocycles. The standard InChI is InChI=1S/C10H19NO3/c1-4-8(3)6-10(5-2,9(13)14)11-7-12/h7-8H,4-6H2,1-3H3,(H,11,12)(H,13,14). The number of carboxylic acid groups (broad SMARTS) is 1. The summed E-state index contributed by atoms with van der Waals surface area (Å²) in [5.74, 6) is -0.661. The van der Waals surface area contributed by atoms with Gasteiger partial charge in [0.25, 0.3) is 0 Å². The maximum Gasteiger partial charge on any atom is 0.329 e. The van der Waals surface area contributed by atoms with Crippen LogP contribution in [0.5, 0.6) is 0 Å². The normalized spacial score (nSPS) is 16.8. The Bertz CT molecular complexity index is 206. The van der Waals surface area contributed by atoms with Crippen LogP contribution in [0, 0.1) is 5.92 Å². The van der Waals surface area contributed by atoms with Crippen LogP contribution in [0.1, 0.15) is 40.0 Å². The minimum absolute atomic E-state index is 0.290. The Morgan fingerprint density at radius 2 is 2.14 bits per heavy atom. The van der Waals surface area contributed by atoms with E-state index >= 15 is 0 Å². The molecule has 0 aromatic carbocycles. The fraction of sp³-hybridized carbons (Fsp3) is 0.800. The molecule has 0 saturated carbocycles. The molecule has 0 aliphatic heterocycles. The lowest BCUT2D eigenvalue weighted by Gasteiger charge is -2.29. The summed E-state index contributed by atoms with van der Waals surface area (Å²) in [7, 11) is 0. The molecule has 0 fully saturated rings. The van der Waals surface area contributed by atoms with Crippen LogP contribution in [0.2, 0.25) is 0 Å². The molecular formula is C10H19NO3. The molecule has 0 aromatic rings. The Morgan fingerprint density at radius 3 is 2.43 bits per heavy atom.